The predicted octanol–water partition coefficient (Wildman–Crippen LogP) is 8.59. The zero-order valence-electron chi connectivity index (χ0n) is 16.4. The number of carbonyl (C=O) groups excluding carboxylic acids is 1. The molecule has 3 aromatic carbocycles. The van der Waals surface area contributed by atoms with Crippen molar-refractivity contribution in [2.24, 2.45) is 0 Å². The minimum Gasteiger partial charge on any atom is -0.505 e. The summed E-state index contributed by atoms with van der Waals surface area (Å²) in [7, 11) is 0. The highest BCUT2D eigenvalue weighted by Gasteiger charge is 2.36. The number of rotatable bonds is 4. The fourth-order valence-corrected chi connectivity index (χ4v) is 4.01. The molecule has 0 aliphatic rings. The van der Waals surface area contributed by atoms with Crippen LogP contribution in [0.4, 0.5) is 18.9 Å². The van der Waals surface area contributed by atoms with Crippen molar-refractivity contribution in [2.75, 3.05) is 5.32 Å². The van der Waals surface area contributed by atoms with Crippen LogP contribution in [0.3, 0.4) is 0 Å². The number of hydrogen-bond donors (Lipinski definition) is 2. The zero-order chi connectivity index (χ0) is 25.4. The van der Waals surface area contributed by atoms with Gasteiger partial charge in [0.1, 0.15) is 10.8 Å². The number of nitrogens with zero attached hydrogens (tertiary/aromatic N) is 1. The number of anilines is 1. The van der Waals surface area contributed by atoms with Gasteiger partial charge < -0.3 is 10.4 Å². The second kappa shape index (κ2) is 10.1. The Balaban J connectivity index is 2.04. The van der Waals surface area contributed by atoms with Crippen LogP contribution in [0.2, 0.25) is 25.1 Å². The van der Waals surface area contributed by atoms with Crippen LogP contribution in [-0.2, 0) is 6.18 Å². The van der Waals surface area contributed by atoms with Crippen molar-refractivity contribution >= 4 is 69.6 Å². The summed E-state index contributed by atoms with van der Waals surface area (Å²) in [6, 6.07) is 9.87. The van der Waals surface area contributed by atoms with Gasteiger partial charge in [0.05, 0.1) is 43.2 Å². The molecule has 1 amide bonds. The highest BCUT2D eigenvalue weighted by molar-refractivity contribution is 6.49. The molecule has 3 rings (SSSR count). The van der Waals surface area contributed by atoms with Crippen LogP contribution in [0.5, 0.6) is 5.75 Å². The standard InChI is InChI=1S/C22H10Cl5F3N2O2/c23-15-4-1-9(5-16(15)24)13(8-31)11-3-2-10(6-14(11)22(28,29)30)32-21(34)12-7-17(25)18(26)19(27)20(12)33/h1-7,13,33H,(H,32,34). The average molecular weight is 569 g/mol. The fraction of sp³-hybridized carbons (Fsp3) is 0.0909. The highest BCUT2D eigenvalue weighted by Crippen LogP contribution is 2.41. The second-order valence-corrected chi connectivity index (χ2v) is 8.85. The topological polar surface area (TPSA) is 73.1 Å². The van der Waals surface area contributed by atoms with Crippen molar-refractivity contribution in [3.63, 3.8) is 0 Å². The number of hydrogen-bond acceptors (Lipinski definition) is 3. The van der Waals surface area contributed by atoms with Gasteiger partial charge >= 0.3 is 6.18 Å². The third-order valence-electron chi connectivity index (χ3n) is 4.71. The monoisotopic (exact) mass is 566 g/mol. The number of phenolic OH excluding ortho intramolecular Hbond substituents is 1. The SMILES string of the molecule is N#CC(c1ccc(Cl)c(Cl)c1)c1ccc(NC(=O)c2cc(Cl)c(Cl)c(Cl)c2O)cc1C(F)(F)F. The number of benzene rings is 3. The Labute approximate surface area is 216 Å². The minimum atomic E-state index is -4.86. The predicted molar refractivity (Wildman–Crippen MR) is 126 cm³/mol. The van der Waals surface area contributed by atoms with E-state index in [-0.39, 0.29) is 41.9 Å². The van der Waals surface area contributed by atoms with E-state index in [0.29, 0.717) is 6.07 Å². The number of amides is 1. The molecule has 0 saturated heterocycles. The first-order chi connectivity index (χ1) is 15.8. The Morgan fingerprint density at radius 1 is 0.941 bits per heavy atom. The maximum Gasteiger partial charge on any atom is 0.416 e. The number of halogens is 8. The molecule has 176 valence electrons. The molecular weight excluding hydrogens is 559 g/mol. The largest absolute Gasteiger partial charge is 0.505 e. The second-order valence-electron chi connectivity index (χ2n) is 6.87. The zero-order valence-corrected chi connectivity index (χ0v) is 20.2. The Hall–Kier alpha value is -2.34. The first-order valence-electron chi connectivity index (χ1n) is 9.08. The van der Waals surface area contributed by atoms with Gasteiger partial charge in [-0.05, 0) is 41.5 Å². The van der Waals surface area contributed by atoms with Gasteiger partial charge in [-0.1, -0.05) is 70.1 Å². The normalized spacial score (nSPS) is 12.2. The van der Waals surface area contributed by atoms with E-state index in [4.69, 9.17) is 58.0 Å². The molecular formula is C22H10Cl5F3N2O2. The van der Waals surface area contributed by atoms with Gasteiger partial charge in [-0.15, -0.1) is 0 Å². The van der Waals surface area contributed by atoms with E-state index in [9.17, 15) is 28.3 Å². The van der Waals surface area contributed by atoms with Crippen LogP contribution in [-0.4, -0.2) is 11.0 Å². The molecule has 0 spiro atoms. The van der Waals surface area contributed by atoms with E-state index >= 15 is 0 Å². The van der Waals surface area contributed by atoms with Crippen molar-refractivity contribution in [3.8, 4) is 11.8 Å². The fourth-order valence-electron chi connectivity index (χ4n) is 3.10. The van der Waals surface area contributed by atoms with Gasteiger partial charge in [0, 0.05) is 5.69 Å². The lowest BCUT2D eigenvalue weighted by Crippen LogP contribution is -2.16. The van der Waals surface area contributed by atoms with Gasteiger partial charge in [-0.2, -0.15) is 18.4 Å². The Bertz CT molecular complexity index is 1340. The molecule has 0 fully saturated rings. The highest BCUT2D eigenvalue weighted by atomic mass is 35.5. The van der Waals surface area contributed by atoms with E-state index in [2.05, 4.69) is 5.32 Å². The molecule has 0 bridgehead atoms. The lowest BCUT2D eigenvalue weighted by atomic mass is 9.88. The first-order valence-corrected chi connectivity index (χ1v) is 11.0. The van der Waals surface area contributed by atoms with Gasteiger partial charge in [-0.25, -0.2) is 0 Å². The Kier molecular flexibility index (Phi) is 7.81. The number of phenols is 1. The molecule has 0 radical (unpaired) electrons. The average Bonchev–Trinajstić information content (AvgIpc) is 2.77. The van der Waals surface area contributed by atoms with Crippen molar-refractivity contribution in [1.29, 1.82) is 5.26 Å². The summed E-state index contributed by atoms with van der Waals surface area (Å²) in [6.45, 7) is 0. The van der Waals surface area contributed by atoms with Crippen LogP contribution in [0.1, 0.15) is 33.0 Å². The lowest BCUT2D eigenvalue weighted by Gasteiger charge is -2.19. The smallest absolute Gasteiger partial charge is 0.416 e. The van der Waals surface area contributed by atoms with Crippen LogP contribution in [0, 0.1) is 11.3 Å². The van der Waals surface area contributed by atoms with Crippen molar-refractivity contribution in [2.45, 2.75) is 12.1 Å². The molecule has 4 nitrogen and oxygen atoms in total. The van der Waals surface area contributed by atoms with Crippen molar-refractivity contribution < 1.29 is 23.1 Å². The quantitative estimate of drug-likeness (QED) is 0.310. The van der Waals surface area contributed by atoms with Crippen LogP contribution < -0.4 is 5.32 Å². The molecule has 1 atom stereocenters. The van der Waals surface area contributed by atoms with Gasteiger partial charge in [0.25, 0.3) is 5.91 Å². The van der Waals surface area contributed by atoms with Crippen molar-refractivity contribution in [3.05, 3.63) is 89.8 Å². The number of nitriles is 1. The van der Waals surface area contributed by atoms with E-state index in [1.165, 1.54) is 24.3 Å². The van der Waals surface area contributed by atoms with Gasteiger partial charge in [0.2, 0.25) is 0 Å². The number of alkyl halides is 3. The molecule has 0 aromatic heterocycles. The maximum atomic E-state index is 13.9. The van der Waals surface area contributed by atoms with E-state index in [1.807, 2.05) is 6.07 Å². The van der Waals surface area contributed by atoms with Gasteiger partial charge in [0.15, 0.2) is 0 Å². The molecule has 0 heterocycles. The minimum absolute atomic E-state index is 0.0805. The van der Waals surface area contributed by atoms with Crippen molar-refractivity contribution in [1.82, 2.24) is 0 Å². The third-order valence-corrected chi connectivity index (χ3v) is 6.71. The van der Waals surface area contributed by atoms with E-state index in [1.54, 1.807) is 0 Å². The third kappa shape index (κ3) is 5.32. The van der Waals surface area contributed by atoms with E-state index < -0.39 is 34.9 Å². The number of carbonyl (C=O) groups is 1. The summed E-state index contributed by atoms with van der Waals surface area (Å²) in [4.78, 5) is 12.6. The first kappa shape index (κ1) is 26.3. The number of aromatic hydroxyl groups is 1. The molecule has 34 heavy (non-hydrogen) atoms. The summed E-state index contributed by atoms with van der Waals surface area (Å²) >= 11 is 29.3. The molecule has 3 aromatic rings. The molecule has 0 aliphatic carbocycles. The van der Waals surface area contributed by atoms with Crippen LogP contribution in [0.25, 0.3) is 0 Å². The molecule has 1 unspecified atom stereocenters. The van der Waals surface area contributed by atoms with Gasteiger partial charge in [-0.3, -0.25) is 4.79 Å². The molecule has 12 heteroatoms. The summed E-state index contributed by atoms with van der Waals surface area (Å²) in [5.41, 5.74) is -1.96. The number of nitrogens with one attached hydrogen (secondary N) is 1. The Morgan fingerprint density at radius 2 is 1.62 bits per heavy atom. The summed E-state index contributed by atoms with van der Waals surface area (Å²) in [5.74, 6) is -3.00. The lowest BCUT2D eigenvalue weighted by molar-refractivity contribution is -0.138. The van der Waals surface area contributed by atoms with E-state index in [0.717, 1.165) is 12.1 Å². The summed E-state index contributed by atoms with van der Waals surface area (Å²) < 4.78 is 41.7. The summed E-state index contributed by atoms with van der Waals surface area (Å²) in [6.07, 6.45) is -4.86. The maximum absolute atomic E-state index is 13.9. The molecule has 2 N–H and O–H groups in total. The molecule has 0 saturated carbocycles. The Morgan fingerprint density at radius 3 is 2.21 bits per heavy atom. The molecule has 0 aliphatic heterocycles. The van der Waals surface area contributed by atoms with Crippen LogP contribution >= 0.6 is 58.0 Å². The van der Waals surface area contributed by atoms with Crippen LogP contribution in [0.15, 0.2) is 42.5 Å². The summed E-state index contributed by atoms with van der Waals surface area (Å²) in [5, 5.41) is 21.5.